The Kier molecular flexibility index (Phi) is 4.34. The lowest BCUT2D eigenvalue weighted by molar-refractivity contribution is -0.140. The molecular formula is C21H20N2O3. The van der Waals surface area contributed by atoms with Crippen LogP contribution in [-0.4, -0.2) is 35.7 Å². The van der Waals surface area contributed by atoms with Gasteiger partial charge in [0.25, 0.3) is 5.91 Å². The molecule has 132 valence electrons. The van der Waals surface area contributed by atoms with Gasteiger partial charge in [0.15, 0.2) is 0 Å². The molecule has 0 aromatic heterocycles. The second-order valence-corrected chi connectivity index (χ2v) is 7.05. The number of carbonyl (C=O) groups is 3. The third-order valence-electron chi connectivity index (χ3n) is 5.50. The number of fused-ring (bicyclic) bond motifs is 5. The molecule has 1 N–H and O–H groups in total. The number of benzene rings is 1. The molecule has 2 aliphatic carbocycles. The van der Waals surface area contributed by atoms with E-state index in [2.05, 4.69) is 29.3 Å². The van der Waals surface area contributed by atoms with E-state index in [-0.39, 0.29) is 41.4 Å². The van der Waals surface area contributed by atoms with Crippen molar-refractivity contribution in [1.82, 2.24) is 10.2 Å². The summed E-state index contributed by atoms with van der Waals surface area (Å²) in [5.74, 6) is 5.09. The Bertz CT molecular complexity index is 804. The van der Waals surface area contributed by atoms with Crippen LogP contribution in [0.2, 0.25) is 0 Å². The summed E-state index contributed by atoms with van der Waals surface area (Å²) < 4.78 is 0. The second kappa shape index (κ2) is 6.80. The molecule has 5 heteroatoms. The zero-order valence-electron chi connectivity index (χ0n) is 14.4. The third-order valence-corrected chi connectivity index (χ3v) is 5.50. The predicted octanol–water partition coefficient (Wildman–Crippen LogP) is 1.35. The Hall–Kier alpha value is -2.87. The number of amides is 3. The van der Waals surface area contributed by atoms with Gasteiger partial charge in [0.05, 0.1) is 11.8 Å². The van der Waals surface area contributed by atoms with E-state index < -0.39 is 0 Å². The number of hydrogen-bond donors (Lipinski definition) is 1. The monoisotopic (exact) mass is 348 g/mol. The zero-order valence-corrected chi connectivity index (χ0v) is 14.4. The molecule has 1 saturated heterocycles. The lowest BCUT2D eigenvalue weighted by atomic mass is 9.85. The first-order chi connectivity index (χ1) is 12.6. The fraction of sp³-hybridized carbons (Fsp3) is 0.381. The maximum Gasteiger partial charge on any atom is 0.296 e. The van der Waals surface area contributed by atoms with Gasteiger partial charge in [-0.15, -0.1) is 0 Å². The summed E-state index contributed by atoms with van der Waals surface area (Å²) in [6, 6.07) is 9.29. The van der Waals surface area contributed by atoms with Gasteiger partial charge in [0.1, 0.15) is 0 Å². The number of carbonyl (C=O) groups excluding carboxylic acids is 3. The van der Waals surface area contributed by atoms with E-state index in [1.165, 1.54) is 4.90 Å². The maximum atomic E-state index is 12.5. The van der Waals surface area contributed by atoms with E-state index in [0.29, 0.717) is 19.5 Å². The minimum absolute atomic E-state index is 0.0351. The van der Waals surface area contributed by atoms with Crippen molar-refractivity contribution < 1.29 is 14.4 Å². The summed E-state index contributed by atoms with van der Waals surface area (Å²) >= 11 is 0. The van der Waals surface area contributed by atoms with Crippen LogP contribution in [0.25, 0.3) is 0 Å². The molecule has 3 amide bonds. The van der Waals surface area contributed by atoms with Crippen molar-refractivity contribution in [2.45, 2.75) is 12.8 Å². The zero-order chi connectivity index (χ0) is 18.1. The van der Waals surface area contributed by atoms with Gasteiger partial charge >= 0.3 is 0 Å². The Morgan fingerprint density at radius 1 is 1.08 bits per heavy atom. The highest BCUT2D eigenvalue weighted by Crippen LogP contribution is 2.52. The van der Waals surface area contributed by atoms with E-state index >= 15 is 0 Å². The summed E-state index contributed by atoms with van der Waals surface area (Å²) in [6.07, 6.45) is 5.66. The highest BCUT2D eigenvalue weighted by molar-refractivity contribution is 6.06. The Labute approximate surface area is 152 Å². The number of nitrogens with one attached hydrogen (secondary N) is 1. The van der Waals surface area contributed by atoms with Gasteiger partial charge in [-0.1, -0.05) is 36.3 Å². The van der Waals surface area contributed by atoms with Crippen molar-refractivity contribution in [3.05, 3.63) is 48.0 Å². The smallest absolute Gasteiger partial charge is 0.296 e. The van der Waals surface area contributed by atoms with Crippen LogP contribution >= 0.6 is 0 Å². The van der Waals surface area contributed by atoms with E-state index in [0.717, 1.165) is 12.0 Å². The molecule has 3 aliphatic rings. The minimum atomic E-state index is -0.355. The van der Waals surface area contributed by atoms with Gasteiger partial charge in [0, 0.05) is 24.6 Å². The fourth-order valence-corrected chi connectivity index (χ4v) is 4.32. The molecule has 1 saturated carbocycles. The van der Waals surface area contributed by atoms with Crippen molar-refractivity contribution in [3.8, 4) is 11.8 Å². The summed E-state index contributed by atoms with van der Waals surface area (Å²) in [7, 11) is 0. The van der Waals surface area contributed by atoms with Crippen LogP contribution in [-0.2, 0) is 14.4 Å². The fourth-order valence-electron chi connectivity index (χ4n) is 4.32. The van der Waals surface area contributed by atoms with Crippen LogP contribution in [0.3, 0.4) is 0 Å². The van der Waals surface area contributed by atoms with Gasteiger partial charge in [0.2, 0.25) is 11.8 Å². The van der Waals surface area contributed by atoms with Gasteiger partial charge in [-0.05, 0) is 36.8 Å². The van der Waals surface area contributed by atoms with Gasteiger partial charge in [-0.2, -0.15) is 0 Å². The highest BCUT2D eigenvalue weighted by atomic mass is 16.2. The summed E-state index contributed by atoms with van der Waals surface area (Å²) in [5, 5.41) is 2.71. The molecule has 4 atom stereocenters. The first-order valence-electron chi connectivity index (χ1n) is 9.03. The van der Waals surface area contributed by atoms with Gasteiger partial charge in [-0.25, -0.2) is 0 Å². The van der Waals surface area contributed by atoms with Crippen LogP contribution in [0.15, 0.2) is 42.5 Å². The molecule has 1 aromatic rings. The van der Waals surface area contributed by atoms with Gasteiger partial charge < -0.3 is 5.32 Å². The SMILES string of the molecule is O=C(C#Cc1ccccc1)NCCCN1C(=O)[C@@H]2[C@H](C1=O)[C@H]1C=C[C@H]2C1. The Morgan fingerprint density at radius 3 is 2.38 bits per heavy atom. The molecular weight excluding hydrogens is 328 g/mol. The third kappa shape index (κ3) is 2.92. The number of allylic oxidation sites excluding steroid dienone is 2. The molecule has 1 aliphatic heterocycles. The van der Waals surface area contributed by atoms with E-state index in [1.807, 2.05) is 30.3 Å². The molecule has 4 rings (SSSR count). The largest absolute Gasteiger partial charge is 0.345 e. The first-order valence-corrected chi connectivity index (χ1v) is 9.03. The number of nitrogens with zero attached hydrogens (tertiary/aromatic N) is 1. The molecule has 0 unspecified atom stereocenters. The van der Waals surface area contributed by atoms with Crippen molar-refractivity contribution in [2.75, 3.05) is 13.1 Å². The average molecular weight is 348 g/mol. The Balaban J connectivity index is 1.25. The maximum absolute atomic E-state index is 12.5. The van der Waals surface area contributed by atoms with Crippen LogP contribution in [0, 0.1) is 35.5 Å². The standard InChI is InChI=1S/C21H20N2O3/c24-17(10-7-14-5-2-1-3-6-14)22-11-4-12-23-20(25)18-15-8-9-16(13-15)19(18)21(23)26/h1-3,5-6,8-9,15-16,18-19H,4,11-13H2,(H,22,24)/t15-,16-,18-,19+/m0/s1. The van der Waals surface area contributed by atoms with Crippen LogP contribution in [0.5, 0.6) is 0 Å². The van der Waals surface area contributed by atoms with Crippen molar-refractivity contribution >= 4 is 17.7 Å². The molecule has 5 nitrogen and oxygen atoms in total. The summed E-state index contributed by atoms with van der Waals surface area (Å²) in [4.78, 5) is 38.2. The van der Waals surface area contributed by atoms with Crippen molar-refractivity contribution in [2.24, 2.45) is 23.7 Å². The molecule has 1 aromatic carbocycles. The van der Waals surface area contributed by atoms with Crippen molar-refractivity contribution in [1.29, 1.82) is 0 Å². The lowest BCUT2D eigenvalue weighted by Gasteiger charge is -2.16. The average Bonchev–Trinajstić information content (AvgIpc) is 3.33. The van der Waals surface area contributed by atoms with Crippen LogP contribution in [0.1, 0.15) is 18.4 Å². The lowest BCUT2D eigenvalue weighted by Crippen LogP contribution is -2.35. The Morgan fingerprint density at radius 2 is 1.73 bits per heavy atom. The topological polar surface area (TPSA) is 66.5 Å². The van der Waals surface area contributed by atoms with Gasteiger partial charge in [-0.3, -0.25) is 19.3 Å². The number of rotatable bonds is 4. The number of likely N-dealkylation sites (tertiary alicyclic amines) is 1. The van der Waals surface area contributed by atoms with Crippen molar-refractivity contribution in [3.63, 3.8) is 0 Å². The quantitative estimate of drug-likeness (QED) is 0.387. The predicted molar refractivity (Wildman–Crippen MR) is 95.4 cm³/mol. The molecule has 2 fully saturated rings. The summed E-state index contributed by atoms with van der Waals surface area (Å²) in [5.41, 5.74) is 0.783. The van der Waals surface area contributed by atoms with Crippen LogP contribution in [0.4, 0.5) is 0 Å². The molecule has 1 heterocycles. The molecule has 0 radical (unpaired) electrons. The van der Waals surface area contributed by atoms with E-state index in [4.69, 9.17) is 0 Å². The summed E-state index contributed by atoms with van der Waals surface area (Å²) in [6.45, 7) is 0.746. The first kappa shape index (κ1) is 16.6. The second-order valence-electron chi connectivity index (χ2n) is 7.05. The normalized spacial score (nSPS) is 28.1. The van der Waals surface area contributed by atoms with Crippen LogP contribution < -0.4 is 5.32 Å². The van der Waals surface area contributed by atoms with E-state index in [9.17, 15) is 14.4 Å². The number of hydrogen-bond acceptors (Lipinski definition) is 3. The molecule has 2 bridgehead atoms. The molecule has 0 spiro atoms. The molecule has 26 heavy (non-hydrogen) atoms. The minimum Gasteiger partial charge on any atom is -0.345 e. The highest BCUT2D eigenvalue weighted by Gasteiger charge is 2.58. The van der Waals surface area contributed by atoms with E-state index in [1.54, 1.807) is 0 Å². The number of imide groups is 1.